The van der Waals surface area contributed by atoms with E-state index in [9.17, 15) is 4.79 Å². The van der Waals surface area contributed by atoms with E-state index in [1.165, 1.54) is 0 Å². The first-order chi connectivity index (χ1) is 14.2. The molecule has 3 aromatic heterocycles. The van der Waals surface area contributed by atoms with Crippen molar-refractivity contribution in [2.24, 2.45) is 0 Å². The predicted octanol–water partition coefficient (Wildman–Crippen LogP) is 4.61. The first-order valence-corrected chi connectivity index (χ1v) is 9.82. The molecule has 1 N–H and O–H groups in total. The van der Waals surface area contributed by atoms with Gasteiger partial charge in [-0.1, -0.05) is 38.1 Å². The van der Waals surface area contributed by atoms with E-state index in [0.717, 1.165) is 11.0 Å². The molecule has 0 saturated carbocycles. The largest absolute Gasteiger partial charge is 0.334 e. The molecule has 0 radical (unpaired) electrons. The summed E-state index contributed by atoms with van der Waals surface area (Å²) in [5.74, 6) is 0.625. The van der Waals surface area contributed by atoms with Crippen molar-refractivity contribution in [3.8, 4) is 11.5 Å². The van der Waals surface area contributed by atoms with Gasteiger partial charge in [0.1, 0.15) is 0 Å². The van der Waals surface area contributed by atoms with Crippen molar-refractivity contribution in [2.75, 3.05) is 5.32 Å². The number of carbonyl (C=O) groups excluding carboxylic acids is 1. The standard InChI is InChI=1S/C22H24N6O2/c1-13(2)28-18-14(11-24-28)10-15(12-23-18)25-19(29)16-8-6-7-9-17(16)20-26-21(27-30-20)22(3,4)5/h6-13H,1-5H3,(H,25,29). The molecule has 0 aliphatic carbocycles. The fourth-order valence-electron chi connectivity index (χ4n) is 3.09. The monoisotopic (exact) mass is 404 g/mol. The summed E-state index contributed by atoms with van der Waals surface area (Å²) in [7, 11) is 0. The Kier molecular flexibility index (Phi) is 4.85. The van der Waals surface area contributed by atoms with E-state index < -0.39 is 0 Å². The van der Waals surface area contributed by atoms with Crippen LogP contribution >= 0.6 is 0 Å². The first kappa shape index (κ1) is 19.8. The Morgan fingerprint density at radius 3 is 2.63 bits per heavy atom. The molecule has 4 aromatic rings. The Labute approximate surface area is 174 Å². The third kappa shape index (κ3) is 3.68. The number of nitrogens with zero attached hydrogens (tertiary/aromatic N) is 5. The van der Waals surface area contributed by atoms with Gasteiger partial charge in [-0.25, -0.2) is 9.67 Å². The zero-order chi connectivity index (χ0) is 21.5. The van der Waals surface area contributed by atoms with E-state index in [2.05, 4.69) is 25.5 Å². The van der Waals surface area contributed by atoms with Crippen LogP contribution in [0.2, 0.25) is 0 Å². The Balaban J connectivity index is 1.63. The van der Waals surface area contributed by atoms with E-state index >= 15 is 0 Å². The molecule has 0 aliphatic rings. The average molecular weight is 404 g/mol. The second-order valence-corrected chi connectivity index (χ2v) is 8.49. The Hall–Kier alpha value is -3.55. The third-order valence-electron chi connectivity index (χ3n) is 4.68. The van der Waals surface area contributed by atoms with Crippen LogP contribution in [0.4, 0.5) is 5.69 Å². The van der Waals surface area contributed by atoms with E-state index in [1.54, 1.807) is 30.6 Å². The van der Waals surface area contributed by atoms with Crippen LogP contribution in [0.5, 0.6) is 0 Å². The van der Waals surface area contributed by atoms with Crippen molar-refractivity contribution >= 4 is 22.6 Å². The summed E-state index contributed by atoms with van der Waals surface area (Å²) in [6.45, 7) is 10.1. The van der Waals surface area contributed by atoms with E-state index in [-0.39, 0.29) is 17.4 Å². The molecule has 8 nitrogen and oxygen atoms in total. The topological polar surface area (TPSA) is 98.7 Å². The number of pyridine rings is 1. The molecule has 3 heterocycles. The minimum Gasteiger partial charge on any atom is -0.334 e. The Morgan fingerprint density at radius 2 is 1.93 bits per heavy atom. The number of anilines is 1. The van der Waals surface area contributed by atoms with Crippen LogP contribution in [0.25, 0.3) is 22.5 Å². The van der Waals surface area contributed by atoms with E-state index in [1.807, 2.05) is 51.4 Å². The van der Waals surface area contributed by atoms with Gasteiger partial charge in [0.05, 0.1) is 29.2 Å². The number of nitrogens with one attached hydrogen (secondary N) is 1. The molecule has 30 heavy (non-hydrogen) atoms. The summed E-state index contributed by atoms with van der Waals surface area (Å²) in [5, 5.41) is 12.2. The maximum atomic E-state index is 13.0. The number of amides is 1. The molecule has 8 heteroatoms. The van der Waals surface area contributed by atoms with Crippen LogP contribution in [-0.4, -0.2) is 30.8 Å². The molecule has 0 bridgehead atoms. The number of hydrogen-bond acceptors (Lipinski definition) is 6. The lowest BCUT2D eigenvalue weighted by Gasteiger charge is -2.11. The number of fused-ring (bicyclic) bond motifs is 1. The van der Waals surface area contributed by atoms with Crippen LogP contribution in [0.3, 0.4) is 0 Å². The minimum absolute atomic E-state index is 0.203. The lowest BCUT2D eigenvalue weighted by molar-refractivity contribution is 0.102. The molecular formula is C22H24N6O2. The van der Waals surface area contributed by atoms with Crippen LogP contribution < -0.4 is 5.32 Å². The second-order valence-electron chi connectivity index (χ2n) is 8.49. The summed E-state index contributed by atoms with van der Waals surface area (Å²) < 4.78 is 7.28. The molecule has 0 spiro atoms. The summed E-state index contributed by atoms with van der Waals surface area (Å²) in [6.07, 6.45) is 3.38. The molecular weight excluding hydrogens is 380 g/mol. The molecule has 0 aliphatic heterocycles. The van der Waals surface area contributed by atoms with Gasteiger partial charge in [0.2, 0.25) is 0 Å². The van der Waals surface area contributed by atoms with Crippen molar-refractivity contribution in [3.05, 3.63) is 54.1 Å². The van der Waals surface area contributed by atoms with Crippen LogP contribution in [0, 0.1) is 0 Å². The molecule has 0 fully saturated rings. The van der Waals surface area contributed by atoms with E-state index in [0.29, 0.717) is 28.5 Å². The number of aromatic nitrogens is 5. The van der Waals surface area contributed by atoms with Crippen molar-refractivity contribution in [1.82, 2.24) is 24.9 Å². The fourth-order valence-corrected chi connectivity index (χ4v) is 3.09. The molecule has 0 saturated heterocycles. The zero-order valence-corrected chi connectivity index (χ0v) is 17.7. The van der Waals surface area contributed by atoms with E-state index in [4.69, 9.17) is 4.52 Å². The zero-order valence-electron chi connectivity index (χ0n) is 17.7. The van der Waals surface area contributed by atoms with Gasteiger partial charge in [0.25, 0.3) is 11.8 Å². The smallest absolute Gasteiger partial charge is 0.258 e. The first-order valence-electron chi connectivity index (χ1n) is 9.82. The molecule has 0 unspecified atom stereocenters. The summed E-state index contributed by atoms with van der Waals surface area (Å²) in [6, 6.07) is 9.22. The Bertz CT molecular complexity index is 1220. The molecule has 4 rings (SSSR count). The van der Waals surface area contributed by atoms with Crippen molar-refractivity contribution < 1.29 is 9.32 Å². The summed E-state index contributed by atoms with van der Waals surface area (Å²) >= 11 is 0. The summed E-state index contributed by atoms with van der Waals surface area (Å²) in [5.41, 5.74) is 2.15. The number of rotatable bonds is 4. The van der Waals surface area contributed by atoms with Crippen LogP contribution in [0.1, 0.15) is 56.8 Å². The van der Waals surface area contributed by atoms with Crippen molar-refractivity contribution in [2.45, 2.75) is 46.1 Å². The summed E-state index contributed by atoms with van der Waals surface area (Å²) in [4.78, 5) is 22.0. The maximum absolute atomic E-state index is 13.0. The van der Waals surface area contributed by atoms with Gasteiger partial charge in [0, 0.05) is 16.8 Å². The number of benzene rings is 1. The SMILES string of the molecule is CC(C)n1ncc2cc(NC(=O)c3ccccc3-c3nc(C(C)(C)C)no3)cnc21. The quantitative estimate of drug-likeness (QED) is 0.533. The average Bonchev–Trinajstić information content (AvgIpc) is 3.35. The normalized spacial score (nSPS) is 11.9. The highest BCUT2D eigenvalue weighted by Gasteiger charge is 2.23. The van der Waals surface area contributed by atoms with Gasteiger partial charge < -0.3 is 9.84 Å². The van der Waals surface area contributed by atoms with Crippen molar-refractivity contribution in [3.63, 3.8) is 0 Å². The van der Waals surface area contributed by atoms with Crippen LogP contribution in [-0.2, 0) is 5.41 Å². The lowest BCUT2D eigenvalue weighted by atomic mass is 9.96. The molecule has 154 valence electrons. The van der Waals surface area contributed by atoms with Gasteiger partial charge in [-0.3, -0.25) is 4.79 Å². The third-order valence-corrected chi connectivity index (χ3v) is 4.68. The number of carbonyl (C=O) groups is 1. The van der Waals surface area contributed by atoms with Gasteiger partial charge in [-0.05, 0) is 32.0 Å². The fraction of sp³-hybridized carbons (Fsp3) is 0.318. The van der Waals surface area contributed by atoms with Gasteiger partial charge in [0.15, 0.2) is 11.5 Å². The highest BCUT2D eigenvalue weighted by atomic mass is 16.5. The van der Waals surface area contributed by atoms with Crippen LogP contribution in [0.15, 0.2) is 47.2 Å². The molecule has 0 atom stereocenters. The van der Waals surface area contributed by atoms with Gasteiger partial charge >= 0.3 is 0 Å². The second kappa shape index (κ2) is 7.37. The highest BCUT2D eigenvalue weighted by Crippen LogP contribution is 2.27. The molecule has 1 aromatic carbocycles. The van der Waals surface area contributed by atoms with Gasteiger partial charge in [-0.15, -0.1) is 0 Å². The predicted molar refractivity (Wildman–Crippen MR) is 114 cm³/mol. The Morgan fingerprint density at radius 1 is 1.17 bits per heavy atom. The van der Waals surface area contributed by atoms with Crippen molar-refractivity contribution in [1.29, 1.82) is 0 Å². The van der Waals surface area contributed by atoms with Gasteiger partial charge in [-0.2, -0.15) is 10.1 Å². The minimum atomic E-state index is -0.279. The molecule has 1 amide bonds. The highest BCUT2D eigenvalue weighted by molar-refractivity contribution is 6.08. The maximum Gasteiger partial charge on any atom is 0.258 e. The lowest BCUT2D eigenvalue weighted by Crippen LogP contribution is -2.14. The number of hydrogen-bond donors (Lipinski definition) is 1.